The Morgan fingerprint density at radius 1 is 1.09 bits per heavy atom. The Kier molecular flexibility index (Phi) is 4.02. The van der Waals surface area contributed by atoms with Crippen LogP contribution in [-0.2, 0) is 6.54 Å². The highest BCUT2D eigenvalue weighted by atomic mass is 35.5. The van der Waals surface area contributed by atoms with E-state index in [9.17, 15) is 0 Å². The Balaban J connectivity index is 1.47. The molecule has 0 radical (unpaired) electrons. The van der Waals surface area contributed by atoms with Crippen LogP contribution >= 0.6 is 23.2 Å². The summed E-state index contributed by atoms with van der Waals surface area (Å²) in [5.41, 5.74) is 2.92. The van der Waals surface area contributed by atoms with Gasteiger partial charge in [0, 0.05) is 29.1 Å². The number of fused-ring (bicyclic) bond motifs is 1. The molecule has 0 N–H and O–H groups in total. The predicted octanol–water partition coefficient (Wildman–Crippen LogP) is 5.12. The first-order chi connectivity index (χ1) is 11.2. The van der Waals surface area contributed by atoms with Crippen molar-refractivity contribution in [3.05, 3.63) is 64.0 Å². The first-order valence-electron chi connectivity index (χ1n) is 7.70. The van der Waals surface area contributed by atoms with Gasteiger partial charge in [-0.1, -0.05) is 35.3 Å². The zero-order valence-electron chi connectivity index (χ0n) is 12.5. The van der Waals surface area contributed by atoms with Gasteiger partial charge in [-0.2, -0.15) is 0 Å². The normalized spacial score (nSPS) is 18.8. The van der Waals surface area contributed by atoms with E-state index < -0.39 is 0 Å². The van der Waals surface area contributed by atoms with E-state index in [0.717, 1.165) is 48.1 Å². The molecule has 118 valence electrons. The molecule has 2 aromatic carbocycles. The molecule has 0 aliphatic carbocycles. The molecular weight excluding hydrogens is 331 g/mol. The van der Waals surface area contributed by atoms with Crippen LogP contribution in [0.2, 0.25) is 10.0 Å². The number of halogens is 2. The van der Waals surface area contributed by atoms with E-state index in [-0.39, 0.29) is 0 Å². The molecule has 0 saturated carbocycles. The third kappa shape index (κ3) is 3.23. The van der Waals surface area contributed by atoms with Crippen LogP contribution in [0.1, 0.15) is 23.8 Å². The summed E-state index contributed by atoms with van der Waals surface area (Å²) in [7, 11) is 0. The summed E-state index contributed by atoms with van der Waals surface area (Å²) in [6.07, 6.45) is 1.06. The fourth-order valence-corrected chi connectivity index (χ4v) is 3.41. The molecule has 0 bridgehead atoms. The SMILES string of the molecule is Clc1ccc(CN2CCC(c3nc4cc(Cl)ccc4o3)C2)cc1. The van der Waals surface area contributed by atoms with Crippen LogP contribution in [0.25, 0.3) is 11.1 Å². The van der Waals surface area contributed by atoms with Gasteiger partial charge in [0.25, 0.3) is 0 Å². The first-order valence-corrected chi connectivity index (χ1v) is 8.46. The number of hydrogen-bond acceptors (Lipinski definition) is 3. The Bertz CT molecular complexity index is 829. The van der Waals surface area contributed by atoms with Gasteiger partial charge in [-0.15, -0.1) is 0 Å². The lowest BCUT2D eigenvalue weighted by molar-refractivity contribution is 0.321. The van der Waals surface area contributed by atoms with E-state index >= 15 is 0 Å². The summed E-state index contributed by atoms with van der Waals surface area (Å²) in [6, 6.07) is 13.6. The summed E-state index contributed by atoms with van der Waals surface area (Å²) < 4.78 is 5.91. The summed E-state index contributed by atoms with van der Waals surface area (Å²) in [6.45, 7) is 2.94. The minimum Gasteiger partial charge on any atom is -0.440 e. The van der Waals surface area contributed by atoms with Gasteiger partial charge in [0.2, 0.25) is 0 Å². The van der Waals surface area contributed by atoms with E-state index in [1.54, 1.807) is 0 Å². The molecule has 1 aromatic heterocycles. The Hall–Kier alpha value is -1.55. The van der Waals surface area contributed by atoms with Crippen LogP contribution < -0.4 is 0 Å². The van der Waals surface area contributed by atoms with E-state index in [2.05, 4.69) is 22.0 Å². The number of nitrogens with zero attached hydrogens (tertiary/aromatic N) is 2. The smallest absolute Gasteiger partial charge is 0.199 e. The minimum atomic E-state index is 0.341. The average Bonchev–Trinajstić information content (AvgIpc) is 3.15. The highest BCUT2D eigenvalue weighted by molar-refractivity contribution is 6.31. The highest BCUT2D eigenvalue weighted by Gasteiger charge is 2.27. The van der Waals surface area contributed by atoms with Crippen molar-refractivity contribution in [2.24, 2.45) is 0 Å². The second-order valence-corrected chi connectivity index (χ2v) is 6.88. The topological polar surface area (TPSA) is 29.3 Å². The molecule has 1 aliphatic rings. The van der Waals surface area contributed by atoms with Crippen molar-refractivity contribution in [3.8, 4) is 0 Å². The van der Waals surface area contributed by atoms with Crippen molar-refractivity contribution in [1.29, 1.82) is 0 Å². The molecular formula is C18H16Cl2N2O. The molecule has 1 atom stereocenters. The highest BCUT2D eigenvalue weighted by Crippen LogP contribution is 2.30. The van der Waals surface area contributed by atoms with Gasteiger partial charge >= 0.3 is 0 Å². The number of rotatable bonds is 3. The van der Waals surface area contributed by atoms with Gasteiger partial charge in [-0.05, 0) is 48.9 Å². The number of likely N-dealkylation sites (tertiary alicyclic amines) is 1. The van der Waals surface area contributed by atoms with Gasteiger partial charge in [0.15, 0.2) is 11.5 Å². The minimum absolute atomic E-state index is 0.341. The molecule has 1 unspecified atom stereocenters. The molecule has 1 saturated heterocycles. The molecule has 0 amide bonds. The fraction of sp³-hybridized carbons (Fsp3) is 0.278. The molecule has 1 fully saturated rings. The van der Waals surface area contributed by atoms with E-state index in [0.29, 0.717) is 10.9 Å². The van der Waals surface area contributed by atoms with E-state index in [1.165, 1.54) is 5.56 Å². The zero-order valence-corrected chi connectivity index (χ0v) is 14.0. The van der Waals surface area contributed by atoms with Crippen molar-refractivity contribution in [1.82, 2.24) is 9.88 Å². The van der Waals surface area contributed by atoms with Crippen LogP contribution in [0.15, 0.2) is 46.9 Å². The maximum atomic E-state index is 6.01. The second kappa shape index (κ2) is 6.16. The maximum Gasteiger partial charge on any atom is 0.199 e. The van der Waals surface area contributed by atoms with Crippen molar-refractivity contribution in [3.63, 3.8) is 0 Å². The van der Waals surface area contributed by atoms with Crippen molar-refractivity contribution < 1.29 is 4.42 Å². The van der Waals surface area contributed by atoms with E-state index in [1.807, 2.05) is 30.3 Å². The van der Waals surface area contributed by atoms with Gasteiger partial charge in [-0.3, -0.25) is 4.90 Å². The molecule has 4 rings (SSSR count). The molecule has 5 heteroatoms. The average molecular weight is 347 g/mol. The molecule has 2 heterocycles. The van der Waals surface area contributed by atoms with Crippen molar-refractivity contribution in [2.45, 2.75) is 18.9 Å². The second-order valence-electron chi connectivity index (χ2n) is 6.01. The maximum absolute atomic E-state index is 6.01. The van der Waals surface area contributed by atoms with Crippen LogP contribution in [0.3, 0.4) is 0 Å². The number of benzene rings is 2. The first kappa shape index (κ1) is 15.0. The molecule has 1 aliphatic heterocycles. The standard InChI is InChI=1S/C18H16Cl2N2O/c19-14-3-1-12(2-4-14)10-22-8-7-13(11-22)18-21-16-9-15(20)5-6-17(16)23-18/h1-6,9,13H,7-8,10-11H2. The molecule has 3 aromatic rings. The van der Waals surface area contributed by atoms with Gasteiger partial charge < -0.3 is 4.42 Å². The van der Waals surface area contributed by atoms with Crippen LogP contribution in [0.4, 0.5) is 0 Å². The fourth-order valence-electron chi connectivity index (χ4n) is 3.12. The van der Waals surface area contributed by atoms with Crippen LogP contribution in [0.5, 0.6) is 0 Å². The predicted molar refractivity (Wildman–Crippen MR) is 93.1 cm³/mol. The van der Waals surface area contributed by atoms with Crippen LogP contribution in [-0.4, -0.2) is 23.0 Å². The largest absolute Gasteiger partial charge is 0.440 e. The summed E-state index contributed by atoms with van der Waals surface area (Å²) in [5.74, 6) is 1.16. The molecule has 23 heavy (non-hydrogen) atoms. The van der Waals surface area contributed by atoms with Crippen molar-refractivity contribution in [2.75, 3.05) is 13.1 Å². The lowest BCUT2D eigenvalue weighted by Crippen LogP contribution is -2.19. The summed E-state index contributed by atoms with van der Waals surface area (Å²) in [4.78, 5) is 7.04. The monoisotopic (exact) mass is 346 g/mol. The molecule has 0 spiro atoms. The van der Waals surface area contributed by atoms with E-state index in [4.69, 9.17) is 27.6 Å². The van der Waals surface area contributed by atoms with Crippen LogP contribution in [0, 0.1) is 0 Å². The lowest BCUT2D eigenvalue weighted by Gasteiger charge is -2.15. The third-order valence-electron chi connectivity index (χ3n) is 4.31. The number of aromatic nitrogens is 1. The quantitative estimate of drug-likeness (QED) is 0.658. The van der Waals surface area contributed by atoms with Gasteiger partial charge in [-0.25, -0.2) is 4.98 Å². The van der Waals surface area contributed by atoms with Gasteiger partial charge in [0.1, 0.15) is 5.52 Å². The zero-order chi connectivity index (χ0) is 15.8. The Labute approximate surface area is 144 Å². The van der Waals surface area contributed by atoms with Crippen molar-refractivity contribution >= 4 is 34.3 Å². The van der Waals surface area contributed by atoms with Gasteiger partial charge in [0.05, 0.1) is 0 Å². The lowest BCUT2D eigenvalue weighted by atomic mass is 10.1. The summed E-state index contributed by atoms with van der Waals surface area (Å²) in [5, 5.41) is 1.46. The Morgan fingerprint density at radius 2 is 1.87 bits per heavy atom. The third-order valence-corrected chi connectivity index (χ3v) is 4.79. The number of oxazole rings is 1. The molecule has 3 nitrogen and oxygen atoms in total. The number of hydrogen-bond donors (Lipinski definition) is 0. The summed E-state index contributed by atoms with van der Waals surface area (Å²) >= 11 is 12.0. The Morgan fingerprint density at radius 3 is 2.70 bits per heavy atom.